The topological polar surface area (TPSA) is 67.0 Å². The highest BCUT2D eigenvalue weighted by molar-refractivity contribution is 6.05. The van der Waals surface area contributed by atoms with Gasteiger partial charge in [0, 0.05) is 11.1 Å². The van der Waals surface area contributed by atoms with Gasteiger partial charge in [0.2, 0.25) is 0 Å². The summed E-state index contributed by atoms with van der Waals surface area (Å²) in [5, 5.41) is 2.90. The van der Waals surface area contributed by atoms with E-state index in [0.29, 0.717) is 23.6 Å². The zero-order valence-corrected chi connectivity index (χ0v) is 14.9. The first-order valence-electron chi connectivity index (χ1n) is 8.83. The van der Waals surface area contributed by atoms with Crippen LogP contribution in [0.1, 0.15) is 17.3 Å². The minimum absolute atomic E-state index is 0.182. The van der Waals surface area contributed by atoms with E-state index in [-0.39, 0.29) is 5.91 Å². The maximum atomic E-state index is 12.6. The Morgan fingerprint density at radius 2 is 1.74 bits per heavy atom. The molecule has 0 aliphatic rings. The number of aromatic nitrogens is 2. The van der Waals surface area contributed by atoms with Crippen LogP contribution in [0.15, 0.2) is 72.8 Å². The van der Waals surface area contributed by atoms with Crippen LogP contribution in [0.4, 0.5) is 5.69 Å². The molecule has 5 heteroatoms. The molecule has 4 rings (SSSR count). The first-order chi connectivity index (χ1) is 13.2. The number of amides is 1. The lowest BCUT2D eigenvalue weighted by molar-refractivity contribution is 0.102. The van der Waals surface area contributed by atoms with Crippen molar-refractivity contribution in [1.82, 2.24) is 9.97 Å². The van der Waals surface area contributed by atoms with E-state index in [2.05, 4.69) is 15.3 Å². The number of anilines is 1. The summed E-state index contributed by atoms with van der Waals surface area (Å²) in [4.78, 5) is 20.4. The molecule has 3 aromatic carbocycles. The summed E-state index contributed by atoms with van der Waals surface area (Å²) in [7, 11) is 0. The zero-order valence-electron chi connectivity index (χ0n) is 14.9. The van der Waals surface area contributed by atoms with Gasteiger partial charge >= 0.3 is 0 Å². The van der Waals surface area contributed by atoms with Crippen molar-refractivity contribution in [2.24, 2.45) is 0 Å². The Morgan fingerprint density at radius 1 is 1.00 bits per heavy atom. The molecule has 0 saturated carbocycles. The smallest absolute Gasteiger partial charge is 0.255 e. The molecule has 27 heavy (non-hydrogen) atoms. The number of carbonyl (C=O) groups is 1. The monoisotopic (exact) mass is 357 g/mol. The Labute approximate surface area is 157 Å². The Morgan fingerprint density at radius 3 is 2.52 bits per heavy atom. The quantitative estimate of drug-likeness (QED) is 0.535. The van der Waals surface area contributed by atoms with Crippen LogP contribution < -0.4 is 10.1 Å². The largest absolute Gasteiger partial charge is 0.492 e. The van der Waals surface area contributed by atoms with E-state index in [1.165, 1.54) is 0 Å². The number of aromatic amines is 1. The fourth-order valence-electron chi connectivity index (χ4n) is 2.91. The van der Waals surface area contributed by atoms with Gasteiger partial charge in [-0.3, -0.25) is 4.79 Å². The second-order valence-electron chi connectivity index (χ2n) is 6.06. The van der Waals surface area contributed by atoms with Gasteiger partial charge in [-0.25, -0.2) is 4.98 Å². The average molecular weight is 357 g/mol. The summed E-state index contributed by atoms with van der Waals surface area (Å²) in [6.07, 6.45) is 0. The van der Waals surface area contributed by atoms with Gasteiger partial charge in [0.15, 0.2) is 0 Å². The van der Waals surface area contributed by atoms with Crippen molar-refractivity contribution in [1.29, 1.82) is 0 Å². The van der Waals surface area contributed by atoms with E-state index in [4.69, 9.17) is 4.74 Å². The third-order valence-electron chi connectivity index (χ3n) is 4.25. The predicted molar refractivity (Wildman–Crippen MR) is 107 cm³/mol. The number of carbonyl (C=O) groups excluding carboxylic acids is 1. The van der Waals surface area contributed by atoms with Crippen molar-refractivity contribution in [3.05, 3.63) is 78.4 Å². The second kappa shape index (κ2) is 7.33. The Hall–Kier alpha value is -3.60. The molecule has 0 spiro atoms. The molecule has 1 amide bonds. The second-order valence-corrected chi connectivity index (χ2v) is 6.06. The van der Waals surface area contributed by atoms with Gasteiger partial charge in [0.25, 0.3) is 5.91 Å². The molecule has 0 unspecified atom stereocenters. The van der Waals surface area contributed by atoms with Gasteiger partial charge in [0.1, 0.15) is 11.6 Å². The van der Waals surface area contributed by atoms with Crippen molar-refractivity contribution >= 4 is 22.6 Å². The van der Waals surface area contributed by atoms with Crippen LogP contribution in [0.5, 0.6) is 5.75 Å². The molecule has 2 N–H and O–H groups in total. The molecule has 0 bridgehead atoms. The van der Waals surface area contributed by atoms with Crippen LogP contribution in [-0.2, 0) is 0 Å². The first-order valence-corrected chi connectivity index (χ1v) is 8.83. The van der Waals surface area contributed by atoms with E-state index in [1.54, 1.807) is 12.1 Å². The lowest BCUT2D eigenvalue weighted by Gasteiger charge is -2.11. The summed E-state index contributed by atoms with van der Waals surface area (Å²) in [5.74, 6) is 1.26. The summed E-state index contributed by atoms with van der Waals surface area (Å²) >= 11 is 0. The molecule has 0 saturated heterocycles. The number of nitrogens with zero attached hydrogens (tertiary/aromatic N) is 1. The molecule has 1 heterocycles. The molecule has 0 fully saturated rings. The Balaban J connectivity index is 1.54. The predicted octanol–water partition coefficient (Wildman–Crippen LogP) is 4.88. The highest BCUT2D eigenvalue weighted by atomic mass is 16.5. The minimum atomic E-state index is -0.182. The molecule has 0 aliphatic heterocycles. The number of hydrogen-bond acceptors (Lipinski definition) is 3. The van der Waals surface area contributed by atoms with Crippen molar-refractivity contribution in [2.75, 3.05) is 11.9 Å². The van der Waals surface area contributed by atoms with Crippen molar-refractivity contribution in [2.45, 2.75) is 6.92 Å². The third-order valence-corrected chi connectivity index (χ3v) is 4.25. The number of hydrogen-bond donors (Lipinski definition) is 2. The lowest BCUT2D eigenvalue weighted by atomic mass is 10.1. The molecule has 134 valence electrons. The average Bonchev–Trinajstić information content (AvgIpc) is 3.14. The van der Waals surface area contributed by atoms with Crippen LogP contribution >= 0.6 is 0 Å². The van der Waals surface area contributed by atoms with E-state index in [9.17, 15) is 4.79 Å². The van der Waals surface area contributed by atoms with Gasteiger partial charge in [-0.15, -0.1) is 0 Å². The Kier molecular flexibility index (Phi) is 4.58. The maximum absolute atomic E-state index is 12.6. The zero-order chi connectivity index (χ0) is 18.6. The van der Waals surface area contributed by atoms with Crippen LogP contribution in [0.2, 0.25) is 0 Å². The number of para-hydroxylation sites is 4. The number of benzene rings is 3. The van der Waals surface area contributed by atoms with E-state index < -0.39 is 0 Å². The van der Waals surface area contributed by atoms with Gasteiger partial charge in [0.05, 0.1) is 23.3 Å². The number of fused-ring (bicyclic) bond motifs is 1. The lowest BCUT2D eigenvalue weighted by Crippen LogP contribution is -2.12. The van der Waals surface area contributed by atoms with Gasteiger partial charge in [-0.1, -0.05) is 36.4 Å². The van der Waals surface area contributed by atoms with Crippen LogP contribution in [0.25, 0.3) is 22.4 Å². The summed E-state index contributed by atoms with van der Waals surface area (Å²) in [5.41, 5.74) is 4.06. The highest BCUT2D eigenvalue weighted by Crippen LogP contribution is 2.25. The molecule has 4 aromatic rings. The van der Waals surface area contributed by atoms with Gasteiger partial charge in [-0.05, 0) is 43.3 Å². The maximum Gasteiger partial charge on any atom is 0.255 e. The van der Waals surface area contributed by atoms with Gasteiger partial charge in [-0.2, -0.15) is 0 Å². The van der Waals surface area contributed by atoms with Crippen LogP contribution in [0, 0.1) is 0 Å². The number of ether oxygens (including phenoxy) is 1. The molecule has 0 atom stereocenters. The number of nitrogens with one attached hydrogen (secondary N) is 2. The molecule has 0 radical (unpaired) electrons. The van der Waals surface area contributed by atoms with E-state index in [1.807, 2.05) is 67.6 Å². The molecule has 1 aromatic heterocycles. The molecular weight excluding hydrogens is 338 g/mol. The van der Waals surface area contributed by atoms with Crippen molar-refractivity contribution in [3.63, 3.8) is 0 Å². The normalized spacial score (nSPS) is 10.7. The van der Waals surface area contributed by atoms with E-state index in [0.717, 1.165) is 22.4 Å². The number of rotatable bonds is 5. The minimum Gasteiger partial charge on any atom is -0.492 e. The molecular formula is C22H19N3O2. The first kappa shape index (κ1) is 16.8. The highest BCUT2D eigenvalue weighted by Gasteiger charge is 2.11. The molecule has 0 aliphatic carbocycles. The SMILES string of the molecule is CCOc1ccccc1NC(=O)c1ccc(-c2nc3ccccc3[nH]2)cc1. The fraction of sp³-hybridized carbons (Fsp3) is 0.0909. The van der Waals surface area contributed by atoms with Crippen molar-refractivity contribution in [3.8, 4) is 17.1 Å². The summed E-state index contributed by atoms with van der Waals surface area (Å²) in [6.45, 7) is 2.45. The fourth-order valence-corrected chi connectivity index (χ4v) is 2.91. The third kappa shape index (κ3) is 3.53. The van der Waals surface area contributed by atoms with Gasteiger partial charge < -0.3 is 15.0 Å². The summed E-state index contributed by atoms with van der Waals surface area (Å²) < 4.78 is 5.55. The standard InChI is InChI=1S/C22H19N3O2/c1-2-27-20-10-6-5-9-19(20)25-22(26)16-13-11-15(12-14-16)21-23-17-7-3-4-8-18(17)24-21/h3-14H,2H2,1H3,(H,23,24)(H,25,26). The molecule has 5 nitrogen and oxygen atoms in total. The Bertz CT molecular complexity index is 1050. The summed E-state index contributed by atoms with van der Waals surface area (Å²) in [6, 6.07) is 22.7. The number of H-pyrrole nitrogens is 1. The van der Waals surface area contributed by atoms with E-state index >= 15 is 0 Å². The van der Waals surface area contributed by atoms with Crippen molar-refractivity contribution < 1.29 is 9.53 Å². The van der Waals surface area contributed by atoms with Crippen LogP contribution in [-0.4, -0.2) is 22.5 Å². The van der Waals surface area contributed by atoms with Crippen LogP contribution in [0.3, 0.4) is 0 Å². The number of imidazole rings is 1.